The first-order valence-corrected chi connectivity index (χ1v) is 8.75. The van der Waals surface area contributed by atoms with Crippen molar-refractivity contribution in [2.45, 2.75) is 0 Å². The summed E-state index contributed by atoms with van der Waals surface area (Å²) in [6.07, 6.45) is 5.51. The molecule has 0 aliphatic carbocycles. The van der Waals surface area contributed by atoms with E-state index in [0.29, 0.717) is 5.82 Å². The van der Waals surface area contributed by atoms with Crippen molar-refractivity contribution in [2.75, 3.05) is 5.73 Å². The number of aromatic amines is 1. The van der Waals surface area contributed by atoms with Crippen LogP contribution in [0.3, 0.4) is 0 Å². The summed E-state index contributed by atoms with van der Waals surface area (Å²) in [6, 6.07) is 14.6. The molecule has 4 heteroatoms. The Kier molecular flexibility index (Phi) is 3.75. The number of anilines is 1. The van der Waals surface area contributed by atoms with Crippen molar-refractivity contribution in [1.29, 1.82) is 0 Å². The number of hydrogen-bond acceptors (Lipinski definition) is 3. The van der Waals surface area contributed by atoms with E-state index in [-0.39, 0.29) is 0 Å². The van der Waals surface area contributed by atoms with Crippen LogP contribution < -0.4 is 5.73 Å². The Bertz CT molecular complexity index is 1070. The van der Waals surface area contributed by atoms with Crippen molar-refractivity contribution in [1.82, 2.24) is 9.97 Å². The fourth-order valence-corrected chi connectivity index (χ4v) is 4.08. The van der Waals surface area contributed by atoms with Gasteiger partial charge in [-0.2, -0.15) is 0 Å². The second-order valence-electron chi connectivity index (χ2n) is 5.69. The highest BCUT2D eigenvalue weighted by atomic mass is 32.1. The van der Waals surface area contributed by atoms with Gasteiger partial charge < -0.3 is 10.7 Å². The monoisotopic (exact) mass is 343 g/mol. The molecule has 0 aliphatic heterocycles. The number of nitrogens with zero attached hydrogens (tertiary/aromatic N) is 1. The lowest BCUT2D eigenvalue weighted by atomic mass is 9.97. The number of nitrogens with two attached hydrogens (primary N) is 1. The lowest BCUT2D eigenvalue weighted by Crippen LogP contribution is -1.89. The predicted molar refractivity (Wildman–Crippen MR) is 109 cm³/mol. The average molecular weight is 343 g/mol. The molecule has 25 heavy (non-hydrogen) atoms. The summed E-state index contributed by atoms with van der Waals surface area (Å²) in [6.45, 7) is 7.70. The molecule has 0 spiro atoms. The van der Waals surface area contributed by atoms with Crippen LogP contribution >= 0.6 is 11.3 Å². The molecule has 0 fully saturated rings. The summed E-state index contributed by atoms with van der Waals surface area (Å²) in [5.41, 5.74) is 10.2. The summed E-state index contributed by atoms with van der Waals surface area (Å²) >= 11 is 1.57. The second kappa shape index (κ2) is 6.07. The number of rotatable bonds is 4. The molecule has 0 aliphatic rings. The molecule has 2 heterocycles. The summed E-state index contributed by atoms with van der Waals surface area (Å²) < 4.78 is 0. The van der Waals surface area contributed by atoms with Crippen molar-refractivity contribution in [3.05, 3.63) is 72.4 Å². The Morgan fingerprint density at radius 2 is 1.80 bits per heavy atom. The number of benzene rings is 2. The van der Waals surface area contributed by atoms with Gasteiger partial charge in [-0.3, -0.25) is 0 Å². The molecule has 2 aromatic heterocycles. The minimum Gasteiger partial charge on any atom is -0.385 e. The van der Waals surface area contributed by atoms with E-state index in [4.69, 9.17) is 10.7 Å². The highest BCUT2D eigenvalue weighted by Crippen LogP contribution is 2.41. The van der Waals surface area contributed by atoms with Crippen LogP contribution in [-0.4, -0.2) is 9.97 Å². The van der Waals surface area contributed by atoms with Gasteiger partial charge >= 0.3 is 0 Å². The molecule has 122 valence electrons. The fraction of sp³-hybridized carbons (Fsp3) is 0. The Hall–Kier alpha value is -3.11. The Morgan fingerprint density at radius 1 is 1.00 bits per heavy atom. The van der Waals surface area contributed by atoms with Crippen molar-refractivity contribution in [3.8, 4) is 21.7 Å². The normalized spacial score (nSPS) is 10.9. The Morgan fingerprint density at radius 3 is 2.56 bits per heavy atom. The zero-order chi connectivity index (χ0) is 17.4. The van der Waals surface area contributed by atoms with Gasteiger partial charge in [0.2, 0.25) is 0 Å². The number of aromatic nitrogens is 2. The highest BCUT2D eigenvalue weighted by Gasteiger charge is 2.19. The van der Waals surface area contributed by atoms with Crippen LogP contribution in [0.4, 0.5) is 5.82 Å². The molecule has 0 radical (unpaired) electrons. The molecule has 0 bridgehead atoms. The zero-order valence-corrected chi connectivity index (χ0v) is 14.4. The Balaban J connectivity index is 1.98. The van der Waals surface area contributed by atoms with Gasteiger partial charge in [0.1, 0.15) is 10.8 Å². The maximum Gasteiger partial charge on any atom is 0.128 e. The number of hydrogen-bond donors (Lipinski definition) is 2. The predicted octanol–water partition coefficient (Wildman–Crippen LogP) is 5.83. The van der Waals surface area contributed by atoms with Crippen LogP contribution in [0.25, 0.3) is 44.6 Å². The van der Waals surface area contributed by atoms with Crippen molar-refractivity contribution in [2.24, 2.45) is 0 Å². The van der Waals surface area contributed by atoms with E-state index in [1.165, 1.54) is 10.8 Å². The number of nitrogen functional groups attached to an aromatic ring is 1. The van der Waals surface area contributed by atoms with E-state index in [0.717, 1.165) is 32.3 Å². The van der Waals surface area contributed by atoms with E-state index in [9.17, 15) is 0 Å². The molecule has 0 saturated heterocycles. The first-order chi connectivity index (χ1) is 12.2. The second-order valence-corrected chi connectivity index (χ2v) is 6.73. The van der Waals surface area contributed by atoms with Crippen LogP contribution in [0, 0.1) is 0 Å². The molecule has 4 rings (SSSR count). The minimum atomic E-state index is 0.614. The lowest BCUT2D eigenvalue weighted by Gasteiger charge is -2.07. The maximum atomic E-state index is 6.26. The van der Waals surface area contributed by atoms with Crippen LogP contribution in [0.1, 0.15) is 10.6 Å². The smallest absolute Gasteiger partial charge is 0.128 e. The molecular weight excluding hydrogens is 326 g/mol. The standard InChI is InChI=1S/C21H17N3S/c1-3-17-18(4-2)25-21(24-17)19-16(12-23-20(19)22)15-11-7-9-13-8-5-6-10-14(13)15/h3-12,23H,1-2,22H2. The van der Waals surface area contributed by atoms with Gasteiger partial charge in [-0.25, -0.2) is 4.98 Å². The topological polar surface area (TPSA) is 54.7 Å². The highest BCUT2D eigenvalue weighted by molar-refractivity contribution is 7.16. The van der Waals surface area contributed by atoms with E-state index in [1.54, 1.807) is 23.5 Å². The molecular formula is C21H17N3S. The number of thiazole rings is 1. The van der Waals surface area contributed by atoms with E-state index >= 15 is 0 Å². The van der Waals surface area contributed by atoms with Gasteiger partial charge in [-0.15, -0.1) is 11.3 Å². The maximum absolute atomic E-state index is 6.26. The molecule has 3 nitrogen and oxygen atoms in total. The number of H-pyrrole nitrogens is 1. The van der Waals surface area contributed by atoms with Gasteiger partial charge in [-0.05, 0) is 28.5 Å². The van der Waals surface area contributed by atoms with Gasteiger partial charge in [0, 0.05) is 11.8 Å². The summed E-state index contributed by atoms with van der Waals surface area (Å²) in [4.78, 5) is 8.85. The summed E-state index contributed by atoms with van der Waals surface area (Å²) in [5.74, 6) is 0.614. The molecule has 2 aromatic carbocycles. The van der Waals surface area contributed by atoms with E-state index in [2.05, 4.69) is 54.5 Å². The first kappa shape index (κ1) is 15.4. The van der Waals surface area contributed by atoms with E-state index < -0.39 is 0 Å². The van der Waals surface area contributed by atoms with Crippen LogP contribution in [0.5, 0.6) is 0 Å². The van der Waals surface area contributed by atoms with Crippen LogP contribution in [-0.2, 0) is 0 Å². The SMILES string of the molecule is C=Cc1nc(-c2c(-c3cccc4ccccc34)c[nH]c2N)sc1C=C. The third kappa shape index (κ3) is 2.47. The lowest BCUT2D eigenvalue weighted by molar-refractivity contribution is 1.37. The van der Waals surface area contributed by atoms with Crippen LogP contribution in [0.15, 0.2) is 61.8 Å². The average Bonchev–Trinajstić information content (AvgIpc) is 3.23. The molecule has 0 atom stereocenters. The molecule has 3 N–H and O–H groups in total. The molecule has 0 saturated carbocycles. The van der Waals surface area contributed by atoms with Crippen LogP contribution in [0.2, 0.25) is 0 Å². The minimum absolute atomic E-state index is 0.614. The van der Waals surface area contributed by atoms with Crippen molar-refractivity contribution in [3.63, 3.8) is 0 Å². The first-order valence-electron chi connectivity index (χ1n) is 7.94. The summed E-state index contributed by atoms with van der Waals surface area (Å²) in [7, 11) is 0. The van der Waals surface area contributed by atoms with E-state index in [1.807, 2.05) is 12.3 Å². The number of nitrogens with one attached hydrogen (secondary N) is 1. The third-order valence-corrected chi connectivity index (χ3v) is 5.35. The summed E-state index contributed by atoms with van der Waals surface area (Å²) in [5, 5.41) is 3.25. The number of fused-ring (bicyclic) bond motifs is 1. The zero-order valence-electron chi connectivity index (χ0n) is 13.6. The molecule has 0 amide bonds. The van der Waals surface area contributed by atoms with Crippen molar-refractivity contribution < 1.29 is 0 Å². The third-order valence-electron chi connectivity index (χ3n) is 4.26. The van der Waals surface area contributed by atoms with Gasteiger partial charge in [-0.1, -0.05) is 55.6 Å². The van der Waals surface area contributed by atoms with Gasteiger partial charge in [0.25, 0.3) is 0 Å². The molecule has 4 aromatic rings. The van der Waals surface area contributed by atoms with Gasteiger partial charge in [0.05, 0.1) is 16.1 Å². The quantitative estimate of drug-likeness (QED) is 0.490. The van der Waals surface area contributed by atoms with Crippen molar-refractivity contribution >= 4 is 40.1 Å². The fourth-order valence-electron chi connectivity index (χ4n) is 3.09. The van der Waals surface area contributed by atoms with Gasteiger partial charge in [0.15, 0.2) is 0 Å². The Labute approximate surface area is 150 Å². The molecule has 0 unspecified atom stereocenters. The largest absolute Gasteiger partial charge is 0.385 e.